The maximum Gasteiger partial charge on any atom is 0.189 e. The van der Waals surface area contributed by atoms with Crippen LogP contribution in [0, 0.1) is 5.41 Å². The normalized spacial score (nSPS) is 24.7. The molecule has 11 heavy (non-hydrogen) atoms. The summed E-state index contributed by atoms with van der Waals surface area (Å²) in [5, 5.41) is 0. The highest BCUT2D eigenvalue weighted by molar-refractivity contribution is 5.82. The molecule has 0 aromatic carbocycles. The molecular weight excluding hydrogens is 138 g/mol. The molecule has 1 aliphatic rings. The molecule has 0 aromatic rings. The molecule has 0 aromatic heterocycles. The molecule has 0 N–H and O–H groups in total. The molecule has 2 nitrogen and oxygen atoms in total. The third kappa shape index (κ3) is 1.95. The first-order valence-corrected chi connectivity index (χ1v) is 4.25. The second-order valence-corrected chi connectivity index (χ2v) is 4.06. The molecule has 0 radical (unpaired) electrons. The van der Waals surface area contributed by atoms with Crippen molar-refractivity contribution < 1.29 is 4.74 Å². The van der Waals surface area contributed by atoms with Crippen molar-refractivity contribution in [2.45, 2.75) is 40.2 Å². The summed E-state index contributed by atoms with van der Waals surface area (Å²) in [6.45, 7) is 9.31. The first-order valence-electron chi connectivity index (χ1n) is 4.25. The van der Waals surface area contributed by atoms with Gasteiger partial charge in [0.15, 0.2) is 5.90 Å². The molecule has 1 atom stereocenters. The highest BCUT2D eigenvalue weighted by Gasteiger charge is 2.27. The van der Waals surface area contributed by atoms with Crippen LogP contribution in [0.5, 0.6) is 0 Å². The standard InChI is InChI=1S/C9H17NO/c1-5-7-6-11-8(10-7)9(2,3)4/h7H,5-6H2,1-4H3. The van der Waals surface area contributed by atoms with E-state index in [9.17, 15) is 0 Å². The van der Waals surface area contributed by atoms with Gasteiger partial charge >= 0.3 is 0 Å². The van der Waals surface area contributed by atoms with Crippen LogP contribution in [-0.2, 0) is 4.74 Å². The van der Waals surface area contributed by atoms with E-state index in [1.54, 1.807) is 0 Å². The smallest absolute Gasteiger partial charge is 0.189 e. The van der Waals surface area contributed by atoms with E-state index in [1.165, 1.54) is 0 Å². The lowest BCUT2D eigenvalue weighted by Crippen LogP contribution is -2.20. The zero-order valence-electron chi connectivity index (χ0n) is 7.85. The fourth-order valence-electron chi connectivity index (χ4n) is 1.03. The van der Waals surface area contributed by atoms with Crippen LogP contribution < -0.4 is 0 Å². The average Bonchev–Trinajstić information content (AvgIpc) is 2.32. The molecule has 0 aliphatic carbocycles. The lowest BCUT2D eigenvalue weighted by molar-refractivity contribution is 0.280. The van der Waals surface area contributed by atoms with E-state index < -0.39 is 0 Å². The lowest BCUT2D eigenvalue weighted by Gasteiger charge is -2.16. The third-order valence-electron chi connectivity index (χ3n) is 1.83. The van der Waals surface area contributed by atoms with Gasteiger partial charge in [-0.1, -0.05) is 27.7 Å². The fraction of sp³-hybridized carbons (Fsp3) is 0.889. The number of aliphatic imine (C=N–C) groups is 1. The van der Waals surface area contributed by atoms with Crippen LogP contribution in [0.25, 0.3) is 0 Å². The van der Waals surface area contributed by atoms with Crippen molar-refractivity contribution in [2.75, 3.05) is 6.61 Å². The first-order chi connectivity index (χ1) is 5.04. The van der Waals surface area contributed by atoms with E-state index in [0.717, 1.165) is 18.9 Å². The minimum atomic E-state index is 0.0872. The Balaban J connectivity index is 2.62. The summed E-state index contributed by atoms with van der Waals surface area (Å²) in [6, 6.07) is 0.407. The Hall–Kier alpha value is -0.530. The van der Waals surface area contributed by atoms with Crippen LogP contribution in [0.2, 0.25) is 0 Å². The largest absolute Gasteiger partial charge is 0.478 e. The van der Waals surface area contributed by atoms with Gasteiger partial charge in [-0.15, -0.1) is 0 Å². The Morgan fingerprint density at radius 3 is 2.45 bits per heavy atom. The zero-order chi connectivity index (χ0) is 8.48. The molecule has 0 saturated carbocycles. The Morgan fingerprint density at radius 1 is 1.55 bits per heavy atom. The zero-order valence-corrected chi connectivity index (χ0v) is 7.85. The molecule has 1 heterocycles. The molecule has 0 spiro atoms. The molecule has 1 aliphatic heterocycles. The summed E-state index contributed by atoms with van der Waals surface area (Å²) in [7, 11) is 0. The van der Waals surface area contributed by atoms with Gasteiger partial charge in [-0.25, -0.2) is 4.99 Å². The molecule has 1 unspecified atom stereocenters. The predicted molar refractivity (Wildman–Crippen MR) is 46.9 cm³/mol. The molecule has 0 fully saturated rings. The van der Waals surface area contributed by atoms with Gasteiger partial charge in [-0.05, 0) is 6.42 Å². The minimum Gasteiger partial charge on any atom is -0.478 e. The number of hydrogen-bond donors (Lipinski definition) is 0. The van der Waals surface area contributed by atoms with E-state index >= 15 is 0 Å². The van der Waals surface area contributed by atoms with Crippen molar-refractivity contribution in [3.63, 3.8) is 0 Å². The summed E-state index contributed by atoms with van der Waals surface area (Å²) < 4.78 is 5.47. The molecule has 2 heteroatoms. The summed E-state index contributed by atoms with van der Waals surface area (Å²) in [5.41, 5.74) is 0.0872. The Labute approximate surface area is 68.7 Å². The highest BCUT2D eigenvalue weighted by Crippen LogP contribution is 2.22. The quantitative estimate of drug-likeness (QED) is 0.569. The topological polar surface area (TPSA) is 21.6 Å². The van der Waals surface area contributed by atoms with Gasteiger partial charge < -0.3 is 4.74 Å². The van der Waals surface area contributed by atoms with Crippen molar-refractivity contribution in [3.8, 4) is 0 Å². The number of ether oxygens (including phenoxy) is 1. The molecule has 0 amide bonds. The van der Waals surface area contributed by atoms with E-state index in [1.807, 2.05) is 0 Å². The molecule has 1 rings (SSSR count). The van der Waals surface area contributed by atoms with Gasteiger partial charge in [0.2, 0.25) is 0 Å². The minimum absolute atomic E-state index is 0.0872. The van der Waals surface area contributed by atoms with Crippen LogP contribution in [0.3, 0.4) is 0 Å². The second kappa shape index (κ2) is 2.84. The second-order valence-electron chi connectivity index (χ2n) is 4.06. The molecular formula is C9H17NO. The van der Waals surface area contributed by atoms with Crippen LogP contribution in [0.4, 0.5) is 0 Å². The van der Waals surface area contributed by atoms with Crippen LogP contribution >= 0.6 is 0 Å². The summed E-state index contributed by atoms with van der Waals surface area (Å²) in [4.78, 5) is 4.47. The average molecular weight is 155 g/mol. The summed E-state index contributed by atoms with van der Waals surface area (Å²) in [6.07, 6.45) is 1.08. The van der Waals surface area contributed by atoms with Crippen molar-refractivity contribution >= 4 is 5.90 Å². The number of rotatable bonds is 1. The van der Waals surface area contributed by atoms with Gasteiger partial charge in [0.25, 0.3) is 0 Å². The van der Waals surface area contributed by atoms with E-state index in [2.05, 4.69) is 32.7 Å². The molecule has 0 bridgehead atoms. The van der Waals surface area contributed by atoms with Gasteiger partial charge in [0.1, 0.15) is 6.61 Å². The van der Waals surface area contributed by atoms with Gasteiger partial charge in [0, 0.05) is 5.41 Å². The lowest BCUT2D eigenvalue weighted by atomic mass is 9.97. The number of hydrogen-bond acceptors (Lipinski definition) is 2. The van der Waals surface area contributed by atoms with Crippen molar-refractivity contribution in [2.24, 2.45) is 10.4 Å². The van der Waals surface area contributed by atoms with Crippen molar-refractivity contribution in [1.82, 2.24) is 0 Å². The number of nitrogens with zero attached hydrogens (tertiary/aromatic N) is 1. The highest BCUT2D eigenvalue weighted by atomic mass is 16.5. The monoisotopic (exact) mass is 155 g/mol. The Morgan fingerprint density at radius 2 is 2.18 bits per heavy atom. The Kier molecular flexibility index (Phi) is 2.21. The molecule has 0 saturated heterocycles. The van der Waals surface area contributed by atoms with Gasteiger partial charge in [-0.3, -0.25) is 0 Å². The van der Waals surface area contributed by atoms with Crippen molar-refractivity contribution in [1.29, 1.82) is 0 Å². The van der Waals surface area contributed by atoms with E-state index in [0.29, 0.717) is 6.04 Å². The van der Waals surface area contributed by atoms with E-state index in [4.69, 9.17) is 4.74 Å². The van der Waals surface area contributed by atoms with Crippen molar-refractivity contribution in [3.05, 3.63) is 0 Å². The maximum atomic E-state index is 5.47. The summed E-state index contributed by atoms with van der Waals surface area (Å²) in [5.74, 6) is 0.921. The van der Waals surface area contributed by atoms with Crippen LogP contribution in [0.1, 0.15) is 34.1 Å². The first kappa shape index (κ1) is 8.57. The maximum absolute atomic E-state index is 5.47. The third-order valence-corrected chi connectivity index (χ3v) is 1.83. The predicted octanol–water partition coefficient (Wildman–Crippen LogP) is 2.24. The van der Waals surface area contributed by atoms with Crippen LogP contribution in [0.15, 0.2) is 4.99 Å². The SMILES string of the molecule is CCC1COC(C(C)(C)C)=N1. The fourth-order valence-corrected chi connectivity index (χ4v) is 1.03. The summed E-state index contributed by atoms with van der Waals surface area (Å²) >= 11 is 0. The van der Waals surface area contributed by atoms with Gasteiger partial charge in [0.05, 0.1) is 6.04 Å². The molecule has 64 valence electrons. The van der Waals surface area contributed by atoms with Gasteiger partial charge in [-0.2, -0.15) is 0 Å². The van der Waals surface area contributed by atoms with E-state index in [-0.39, 0.29) is 5.41 Å². The van der Waals surface area contributed by atoms with Crippen LogP contribution in [-0.4, -0.2) is 18.5 Å². The Bertz CT molecular complexity index is 167.